The first-order chi connectivity index (χ1) is 10.0. The van der Waals surface area contributed by atoms with Crippen molar-refractivity contribution in [2.45, 2.75) is 6.54 Å². The van der Waals surface area contributed by atoms with E-state index < -0.39 is 4.92 Å². The van der Waals surface area contributed by atoms with Gasteiger partial charge in [-0.25, -0.2) is 0 Å². The van der Waals surface area contributed by atoms with Gasteiger partial charge in [0.1, 0.15) is 17.2 Å². The average Bonchev–Trinajstić information content (AvgIpc) is 2.46. The fourth-order valence-electron chi connectivity index (χ4n) is 1.91. The molecule has 2 aromatic carbocycles. The van der Waals surface area contributed by atoms with Crippen molar-refractivity contribution in [1.29, 1.82) is 0 Å². The van der Waals surface area contributed by atoms with Crippen LogP contribution >= 0.6 is 11.6 Å². The molecule has 0 aliphatic rings. The van der Waals surface area contributed by atoms with Gasteiger partial charge < -0.3 is 15.2 Å². The topological polar surface area (TPSA) is 84.6 Å². The van der Waals surface area contributed by atoms with Crippen molar-refractivity contribution >= 4 is 23.0 Å². The highest BCUT2D eigenvalue weighted by atomic mass is 35.5. The monoisotopic (exact) mass is 308 g/mol. The van der Waals surface area contributed by atoms with E-state index in [1.165, 1.54) is 19.2 Å². The molecule has 110 valence electrons. The molecule has 0 aliphatic heterocycles. The largest absolute Gasteiger partial charge is 0.508 e. The Hall–Kier alpha value is -2.47. The smallest absolute Gasteiger partial charge is 0.296 e. The average molecular weight is 309 g/mol. The molecule has 0 aromatic heterocycles. The second-order valence-corrected chi connectivity index (χ2v) is 4.64. The standard InChI is InChI=1S/C14H13ClN2O4/c1-21-14-4-2-3-11(15)10(14)8-16-12-6-5-9(18)7-13(12)17(19)20/h2-7,16,18H,8H2,1H3. The Labute approximate surface area is 126 Å². The first-order valence-corrected chi connectivity index (χ1v) is 6.43. The van der Waals surface area contributed by atoms with Crippen molar-refractivity contribution in [2.75, 3.05) is 12.4 Å². The van der Waals surface area contributed by atoms with Crippen LogP contribution in [-0.4, -0.2) is 17.1 Å². The first-order valence-electron chi connectivity index (χ1n) is 6.05. The molecule has 2 N–H and O–H groups in total. The number of rotatable bonds is 5. The molecule has 21 heavy (non-hydrogen) atoms. The fraction of sp³-hybridized carbons (Fsp3) is 0.143. The Bertz CT molecular complexity index is 676. The number of hydrogen-bond donors (Lipinski definition) is 2. The van der Waals surface area contributed by atoms with E-state index >= 15 is 0 Å². The summed E-state index contributed by atoms with van der Waals surface area (Å²) < 4.78 is 5.21. The lowest BCUT2D eigenvalue weighted by Gasteiger charge is -2.12. The molecule has 0 radical (unpaired) electrons. The van der Waals surface area contributed by atoms with E-state index in [4.69, 9.17) is 16.3 Å². The van der Waals surface area contributed by atoms with Crippen molar-refractivity contribution in [1.82, 2.24) is 0 Å². The minimum Gasteiger partial charge on any atom is -0.508 e. The number of halogens is 1. The highest BCUT2D eigenvalue weighted by molar-refractivity contribution is 6.31. The number of hydrogen-bond acceptors (Lipinski definition) is 5. The third kappa shape index (κ3) is 3.35. The van der Waals surface area contributed by atoms with Crippen molar-refractivity contribution in [2.24, 2.45) is 0 Å². The maximum atomic E-state index is 11.0. The number of phenols is 1. The van der Waals surface area contributed by atoms with E-state index in [1.54, 1.807) is 18.2 Å². The predicted molar refractivity (Wildman–Crippen MR) is 80.1 cm³/mol. The number of nitrogens with one attached hydrogen (secondary N) is 1. The molecule has 0 spiro atoms. The van der Waals surface area contributed by atoms with Crippen LogP contribution in [0.1, 0.15) is 5.56 Å². The molecule has 0 heterocycles. The van der Waals surface area contributed by atoms with Crippen molar-refractivity contribution < 1.29 is 14.8 Å². The summed E-state index contributed by atoms with van der Waals surface area (Å²) in [5, 5.41) is 23.7. The Balaban J connectivity index is 2.27. The van der Waals surface area contributed by atoms with E-state index in [1.807, 2.05) is 0 Å². The third-order valence-electron chi connectivity index (χ3n) is 2.93. The summed E-state index contributed by atoms with van der Waals surface area (Å²) in [7, 11) is 1.53. The van der Waals surface area contributed by atoms with Gasteiger partial charge in [-0.1, -0.05) is 17.7 Å². The van der Waals surface area contributed by atoms with Gasteiger partial charge in [0.25, 0.3) is 5.69 Å². The number of nitrogens with zero attached hydrogens (tertiary/aromatic N) is 1. The van der Waals surface area contributed by atoms with Crippen LogP contribution in [0.4, 0.5) is 11.4 Å². The molecule has 2 rings (SSSR count). The number of nitro groups is 1. The van der Waals surface area contributed by atoms with Gasteiger partial charge in [0.2, 0.25) is 0 Å². The van der Waals surface area contributed by atoms with Crippen molar-refractivity contribution in [3.8, 4) is 11.5 Å². The number of benzene rings is 2. The minimum atomic E-state index is -0.564. The molecule has 0 atom stereocenters. The lowest BCUT2D eigenvalue weighted by molar-refractivity contribution is -0.384. The van der Waals surface area contributed by atoms with Gasteiger partial charge in [0, 0.05) is 17.1 Å². The van der Waals surface area contributed by atoms with Gasteiger partial charge >= 0.3 is 0 Å². The number of ether oxygens (including phenoxy) is 1. The van der Waals surface area contributed by atoms with Crippen LogP contribution in [0.25, 0.3) is 0 Å². The number of aromatic hydroxyl groups is 1. The lowest BCUT2D eigenvalue weighted by atomic mass is 10.2. The molecular formula is C14H13ClN2O4. The van der Waals surface area contributed by atoms with Crippen LogP contribution in [0.3, 0.4) is 0 Å². The van der Waals surface area contributed by atoms with Crippen LogP contribution in [0.2, 0.25) is 5.02 Å². The molecular weight excluding hydrogens is 296 g/mol. The van der Waals surface area contributed by atoms with Crippen LogP contribution < -0.4 is 10.1 Å². The highest BCUT2D eigenvalue weighted by Gasteiger charge is 2.15. The van der Waals surface area contributed by atoms with Crippen LogP contribution in [0.15, 0.2) is 36.4 Å². The predicted octanol–water partition coefficient (Wildman–Crippen LogP) is 3.57. The quantitative estimate of drug-likeness (QED) is 0.501. The SMILES string of the molecule is COc1cccc(Cl)c1CNc1ccc(O)cc1[N+](=O)[O-]. The summed E-state index contributed by atoms with van der Waals surface area (Å²) in [4.78, 5) is 10.4. The molecule has 0 unspecified atom stereocenters. The number of anilines is 1. The zero-order valence-corrected chi connectivity index (χ0v) is 11.9. The van der Waals surface area contributed by atoms with Gasteiger partial charge in [0.15, 0.2) is 0 Å². The molecule has 7 heteroatoms. The summed E-state index contributed by atoms with van der Waals surface area (Å²) in [6.45, 7) is 0.258. The summed E-state index contributed by atoms with van der Waals surface area (Å²) in [6.07, 6.45) is 0. The molecule has 0 aliphatic carbocycles. The van der Waals surface area contributed by atoms with Crippen molar-refractivity contribution in [3.63, 3.8) is 0 Å². The Kier molecular flexibility index (Phi) is 4.49. The lowest BCUT2D eigenvalue weighted by Crippen LogP contribution is -2.04. The zero-order chi connectivity index (χ0) is 15.4. The van der Waals surface area contributed by atoms with E-state index in [0.29, 0.717) is 22.0 Å². The van der Waals surface area contributed by atoms with E-state index in [9.17, 15) is 15.2 Å². The first kappa shape index (κ1) is 14.9. The number of methoxy groups -OCH3 is 1. The van der Waals surface area contributed by atoms with E-state index in [0.717, 1.165) is 6.07 Å². The van der Waals surface area contributed by atoms with Crippen LogP contribution in [0.5, 0.6) is 11.5 Å². The molecule has 0 fully saturated rings. The highest BCUT2D eigenvalue weighted by Crippen LogP contribution is 2.31. The molecule has 2 aromatic rings. The number of phenolic OH excluding ortho intramolecular Hbond substituents is 1. The second-order valence-electron chi connectivity index (χ2n) is 4.23. The summed E-state index contributed by atoms with van der Waals surface area (Å²) in [6, 6.07) is 9.14. The maximum Gasteiger partial charge on any atom is 0.296 e. The fourth-order valence-corrected chi connectivity index (χ4v) is 2.14. The van der Waals surface area contributed by atoms with Crippen LogP contribution in [-0.2, 0) is 6.54 Å². The molecule has 0 bridgehead atoms. The van der Waals surface area contributed by atoms with E-state index in [-0.39, 0.29) is 18.0 Å². The van der Waals surface area contributed by atoms with Gasteiger partial charge in [-0.2, -0.15) is 0 Å². The summed E-state index contributed by atoms with van der Waals surface area (Å²) >= 11 is 6.11. The van der Waals surface area contributed by atoms with Gasteiger partial charge in [-0.15, -0.1) is 0 Å². The summed E-state index contributed by atoms with van der Waals surface area (Å²) in [5.41, 5.74) is 0.782. The second kappa shape index (κ2) is 6.32. The number of nitro benzene ring substituents is 1. The van der Waals surface area contributed by atoms with Gasteiger partial charge in [-0.3, -0.25) is 10.1 Å². The van der Waals surface area contributed by atoms with Gasteiger partial charge in [-0.05, 0) is 24.3 Å². The third-order valence-corrected chi connectivity index (χ3v) is 3.28. The molecule has 6 nitrogen and oxygen atoms in total. The van der Waals surface area contributed by atoms with Gasteiger partial charge in [0.05, 0.1) is 18.1 Å². The zero-order valence-electron chi connectivity index (χ0n) is 11.2. The maximum absolute atomic E-state index is 11.0. The van der Waals surface area contributed by atoms with Crippen LogP contribution in [0, 0.1) is 10.1 Å². The minimum absolute atomic E-state index is 0.164. The van der Waals surface area contributed by atoms with Crippen molar-refractivity contribution in [3.05, 3.63) is 57.1 Å². The molecule has 0 amide bonds. The molecule has 0 saturated heterocycles. The Morgan fingerprint density at radius 1 is 1.38 bits per heavy atom. The summed E-state index contributed by atoms with van der Waals surface area (Å²) in [5.74, 6) is 0.430. The van der Waals surface area contributed by atoms with E-state index in [2.05, 4.69) is 5.32 Å². The molecule has 0 saturated carbocycles. The Morgan fingerprint density at radius 2 is 2.14 bits per heavy atom. The normalized spacial score (nSPS) is 10.2. The Morgan fingerprint density at radius 3 is 2.81 bits per heavy atom.